The number of fused-ring (bicyclic) bond motifs is 1. The van der Waals surface area contributed by atoms with Crippen molar-refractivity contribution in [3.8, 4) is 0 Å². The van der Waals surface area contributed by atoms with Gasteiger partial charge in [-0.25, -0.2) is 9.78 Å². The smallest absolute Gasteiger partial charge is 0.461 e. The lowest BCUT2D eigenvalue weighted by molar-refractivity contribution is -0.0429. The SMILES string of the molecule is CCOC(=O)c1cnc(N=Nc2cc3c(cc2NS(=O)(=O)C(F)(F)F)N(CCCl)CCC3)n1C. The number of imidazole rings is 1. The van der Waals surface area contributed by atoms with Gasteiger partial charge in [0, 0.05) is 31.7 Å². The Balaban J connectivity index is 2.05. The Hall–Kier alpha value is -2.87. The second-order valence-corrected chi connectivity index (χ2v) is 9.30. The third-order valence-corrected chi connectivity index (χ3v) is 6.28. The molecule has 1 aromatic heterocycles. The van der Waals surface area contributed by atoms with Crippen molar-refractivity contribution >= 4 is 50.6 Å². The fourth-order valence-electron chi connectivity index (χ4n) is 3.38. The molecule has 0 amide bonds. The van der Waals surface area contributed by atoms with Gasteiger partial charge in [0.2, 0.25) is 5.95 Å². The third-order valence-electron chi connectivity index (χ3n) is 5.01. The molecule has 2 aromatic rings. The molecule has 0 spiro atoms. The molecule has 186 valence electrons. The minimum atomic E-state index is -5.71. The fraction of sp³-hybridized carbons (Fsp3) is 0.474. The highest BCUT2D eigenvalue weighted by Crippen LogP contribution is 2.39. The van der Waals surface area contributed by atoms with Gasteiger partial charge in [0.05, 0.1) is 18.5 Å². The molecule has 0 aliphatic carbocycles. The van der Waals surface area contributed by atoms with Crippen LogP contribution in [0.2, 0.25) is 0 Å². The highest BCUT2D eigenvalue weighted by atomic mass is 35.5. The lowest BCUT2D eigenvalue weighted by atomic mass is 10.0. The molecule has 1 N–H and O–H groups in total. The monoisotopic (exact) mass is 522 g/mol. The Kier molecular flexibility index (Phi) is 7.70. The lowest BCUT2D eigenvalue weighted by Gasteiger charge is -2.31. The summed E-state index contributed by atoms with van der Waals surface area (Å²) in [6.45, 7) is 2.85. The number of azo groups is 1. The van der Waals surface area contributed by atoms with E-state index in [1.54, 1.807) is 11.6 Å². The van der Waals surface area contributed by atoms with Crippen molar-refractivity contribution < 1.29 is 31.1 Å². The number of halogens is 4. The first-order valence-corrected chi connectivity index (χ1v) is 12.2. The number of hydrogen-bond acceptors (Lipinski definition) is 8. The van der Waals surface area contributed by atoms with E-state index in [9.17, 15) is 26.4 Å². The quantitative estimate of drug-likeness (QED) is 0.314. The number of aryl methyl sites for hydroxylation is 1. The maximum Gasteiger partial charge on any atom is 0.516 e. The van der Waals surface area contributed by atoms with Gasteiger partial charge in [0.25, 0.3) is 0 Å². The Morgan fingerprint density at radius 3 is 2.71 bits per heavy atom. The van der Waals surface area contributed by atoms with E-state index in [2.05, 4.69) is 15.2 Å². The molecule has 1 aliphatic heterocycles. The first kappa shape index (κ1) is 25.7. The van der Waals surface area contributed by atoms with Gasteiger partial charge in [-0.2, -0.15) is 21.6 Å². The van der Waals surface area contributed by atoms with Crippen molar-refractivity contribution in [1.29, 1.82) is 0 Å². The minimum Gasteiger partial charge on any atom is -0.461 e. The molecule has 10 nitrogen and oxygen atoms in total. The highest BCUT2D eigenvalue weighted by Gasteiger charge is 2.46. The zero-order valence-electron chi connectivity index (χ0n) is 18.3. The fourth-order valence-corrected chi connectivity index (χ4v) is 4.16. The number of benzene rings is 1. The van der Waals surface area contributed by atoms with E-state index in [0.717, 1.165) is 12.0 Å². The van der Waals surface area contributed by atoms with Crippen molar-refractivity contribution in [3.63, 3.8) is 0 Å². The summed E-state index contributed by atoms with van der Waals surface area (Å²) >= 11 is 5.84. The van der Waals surface area contributed by atoms with Crippen LogP contribution in [-0.2, 0) is 28.2 Å². The third kappa shape index (κ3) is 5.43. The Morgan fingerprint density at radius 1 is 1.32 bits per heavy atom. The number of anilines is 2. The number of esters is 1. The zero-order valence-corrected chi connectivity index (χ0v) is 19.8. The van der Waals surface area contributed by atoms with E-state index in [0.29, 0.717) is 25.2 Å². The number of nitrogens with zero attached hydrogens (tertiary/aromatic N) is 5. The number of hydrogen-bond donors (Lipinski definition) is 1. The summed E-state index contributed by atoms with van der Waals surface area (Å²) in [5.74, 6) is -0.383. The molecule has 3 rings (SSSR count). The molecule has 0 saturated carbocycles. The average Bonchev–Trinajstić information content (AvgIpc) is 3.12. The maximum atomic E-state index is 13.0. The molecule has 0 unspecified atom stereocenters. The Labute approximate surface area is 198 Å². The first-order valence-electron chi connectivity index (χ1n) is 10.2. The second kappa shape index (κ2) is 10.2. The number of aromatic nitrogens is 2. The summed E-state index contributed by atoms with van der Waals surface area (Å²) in [6, 6.07) is 2.77. The molecule has 0 radical (unpaired) electrons. The van der Waals surface area contributed by atoms with Gasteiger partial charge in [-0.05, 0) is 37.5 Å². The molecule has 0 atom stereocenters. The van der Waals surface area contributed by atoms with Crippen molar-refractivity contribution in [1.82, 2.24) is 9.55 Å². The minimum absolute atomic E-state index is 0.0332. The number of rotatable bonds is 8. The van der Waals surface area contributed by atoms with Gasteiger partial charge < -0.3 is 14.2 Å². The van der Waals surface area contributed by atoms with Crippen LogP contribution in [0.15, 0.2) is 28.6 Å². The Bertz CT molecular complexity index is 1200. The molecule has 34 heavy (non-hydrogen) atoms. The molecular weight excluding hydrogens is 501 g/mol. The Morgan fingerprint density at radius 2 is 2.06 bits per heavy atom. The van der Waals surface area contributed by atoms with Crippen LogP contribution in [0, 0.1) is 0 Å². The maximum absolute atomic E-state index is 13.0. The van der Waals surface area contributed by atoms with Crippen LogP contribution in [-0.4, -0.2) is 55.0 Å². The van der Waals surface area contributed by atoms with E-state index in [1.807, 2.05) is 4.90 Å². The average molecular weight is 523 g/mol. The van der Waals surface area contributed by atoms with Gasteiger partial charge in [0.15, 0.2) is 0 Å². The van der Waals surface area contributed by atoms with E-state index in [4.69, 9.17) is 16.3 Å². The summed E-state index contributed by atoms with van der Waals surface area (Å²) in [6.07, 6.45) is 2.60. The topological polar surface area (TPSA) is 118 Å². The van der Waals surface area contributed by atoms with Crippen LogP contribution >= 0.6 is 11.6 Å². The van der Waals surface area contributed by atoms with Crippen LogP contribution in [0.3, 0.4) is 0 Å². The van der Waals surface area contributed by atoms with Crippen molar-refractivity contribution in [2.45, 2.75) is 25.3 Å². The van der Waals surface area contributed by atoms with Crippen LogP contribution < -0.4 is 9.62 Å². The number of alkyl halides is 4. The predicted molar refractivity (Wildman–Crippen MR) is 120 cm³/mol. The van der Waals surface area contributed by atoms with E-state index in [1.165, 1.54) is 29.9 Å². The largest absolute Gasteiger partial charge is 0.516 e. The number of ether oxygens (including phenoxy) is 1. The predicted octanol–water partition coefficient (Wildman–Crippen LogP) is 4.27. The standard InChI is InChI=1S/C19H22ClF3N6O4S/c1-3-33-17(30)16-11-24-18(28(16)2)26-25-13-9-12-5-4-7-29(8-6-20)15(12)10-14(13)27-34(31,32)19(21,22)23/h9-11,27H,3-8H2,1-2H3. The summed E-state index contributed by atoms with van der Waals surface area (Å²) in [4.78, 5) is 17.8. The van der Waals surface area contributed by atoms with E-state index < -0.39 is 27.2 Å². The molecule has 0 fully saturated rings. The number of sulfonamides is 1. The van der Waals surface area contributed by atoms with Gasteiger partial charge in [-0.3, -0.25) is 4.72 Å². The molecule has 15 heteroatoms. The first-order chi connectivity index (χ1) is 16.0. The van der Waals surface area contributed by atoms with Crippen molar-refractivity contribution in [2.75, 3.05) is 35.2 Å². The zero-order chi connectivity index (χ0) is 25.1. The van der Waals surface area contributed by atoms with E-state index >= 15 is 0 Å². The highest BCUT2D eigenvalue weighted by molar-refractivity contribution is 7.93. The lowest BCUT2D eigenvalue weighted by Crippen LogP contribution is -2.32. The molecular formula is C19H22ClF3N6O4S. The van der Waals surface area contributed by atoms with Crippen molar-refractivity contribution in [3.05, 3.63) is 29.6 Å². The van der Waals surface area contributed by atoms with Crippen LogP contribution in [0.25, 0.3) is 0 Å². The molecule has 0 bridgehead atoms. The molecule has 0 saturated heterocycles. The van der Waals surface area contributed by atoms with Crippen LogP contribution in [0.5, 0.6) is 0 Å². The summed E-state index contributed by atoms with van der Waals surface area (Å²) in [5, 5.41) is 7.87. The van der Waals surface area contributed by atoms with E-state index in [-0.39, 0.29) is 29.8 Å². The number of carbonyl (C=O) groups is 1. The van der Waals surface area contributed by atoms with Gasteiger partial charge in [-0.15, -0.1) is 21.8 Å². The van der Waals surface area contributed by atoms with Gasteiger partial charge >= 0.3 is 21.5 Å². The number of nitrogens with one attached hydrogen (secondary N) is 1. The van der Waals surface area contributed by atoms with Gasteiger partial charge in [0.1, 0.15) is 11.4 Å². The van der Waals surface area contributed by atoms with Crippen LogP contribution in [0.4, 0.5) is 36.2 Å². The van der Waals surface area contributed by atoms with Crippen LogP contribution in [0.1, 0.15) is 29.4 Å². The molecule has 1 aromatic carbocycles. The van der Waals surface area contributed by atoms with Gasteiger partial charge in [-0.1, -0.05) is 0 Å². The summed E-state index contributed by atoms with van der Waals surface area (Å²) < 4.78 is 70.5. The second-order valence-electron chi connectivity index (χ2n) is 7.25. The normalized spacial score (nSPS) is 14.4. The molecule has 2 heterocycles. The molecule has 1 aliphatic rings. The summed E-state index contributed by atoms with van der Waals surface area (Å²) in [5.41, 5.74) is -4.65. The summed E-state index contributed by atoms with van der Waals surface area (Å²) in [7, 11) is -4.23. The van der Waals surface area contributed by atoms with Crippen molar-refractivity contribution in [2.24, 2.45) is 17.3 Å². The number of carbonyl (C=O) groups excluding carboxylic acids is 1.